The summed E-state index contributed by atoms with van der Waals surface area (Å²) < 4.78 is 6.92. The zero-order chi connectivity index (χ0) is 18.4. The van der Waals surface area contributed by atoms with Crippen molar-refractivity contribution in [1.29, 1.82) is 0 Å². The van der Waals surface area contributed by atoms with E-state index in [0.29, 0.717) is 30.4 Å². The SMILES string of the molecule is C[C@@H]1CN(c2nc3sccn3c2[N+](=O)[O-])CCN1C(=O)OC(C)(C)C. The maximum absolute atomic E-state index is 12.3. The smallest absolute Gasteiger partial charge is 0.410 e. The van der Waals surface area contributed by atoms with Crippen LogP contribution in [0.2, 0.25) is 0 Å². The molecule has 1 fully saturated rings. The Hall–Kier alpha value is -2.36. The van der Waals surface area contributed by atoms with E-state index in [2.05, 4.69) is 4.98 Å². The van der Waals surface area contributed by atoms with Crippen molar-refractivity contribution in [3.8, 4) is 0 Å². The molecule has 0 unspecified atom stereocenters. The van der Waals surface area contributed by atoms with Gasteiger partial charge in [-0.25, -0.2) is 4.79 Å². The van der Waals surface area contributed by atoms with Gasteiger partial charge >= 0.3 is 11.9 Å². The van der Waals surface area contributed by atoms with Crippen LogP contribution in [0.15, 0.2) is 11.6 Å². The average molecular weight is 367 g/mol. The van der Waals surface area contributed by atoms with Crippen molar-refractivity contribution in [1.82, 2.24) is 14.3 Å². The molecule has 1 atom stereocenters. The first kappa shape index (κ1) is 17.5. The molecule has 25 heavy (non-hydrogen) atoms. The average Bonchev–Trinajstić information content (AvgIpc) is 3.04. The van der Waals surface area contributed by atoms with Crippen LogP contribution in [-0.2, 0) is 4.74 Å². The fourth-order valence-electron chi connectivity index (χ4n) is 2.89. The predicted molar refractivity (Wildman–Crippen MR) is 94.3 cm³/mol. The van der Waals surface area contributed by atoms with Crippen molar-refractivity contribution < 1.29 is 14.5 Å². The summed E-state index contributed by atoms with van der Waals surface area (Å²) in [7, 11) is 0. The molecule has 0 saturated carbocycles. The lowest BCUT2D eigenvalue weighted by atomic mass is 10.2. The number of rotatable bonds is 2. The minimum atomic E-state index is -0.555. The molecule has 0 radical (unpaired) electrons. The topological polar surface area (TPSA) is 93.2 Å². The number of fused-ring (bicyclic) bond motifs is 1. The minimum absolute atomic E-state index is 0.0332. The number of hydrogen-bond donors (Lipinski definition) is 0. The van der Waals surface area contributed by atoms with Gasteiger partial charge in [0.15, 0.2) is 0 Å². The number of hydrogen-bond acceptors (Lipinski definition) is 7. The van der Waals surface area contributed by atoms with Gasteiger partial charge in [0.05, 0.1) is 0 Å². The van der Waals surface area contributed by atoms with E-state index in [9.17, 15) is 14.9 Å². The van der Waals surface area contributed by atoms with Crippen LogP contribution in [0.5, 0.6) is 0 Å². The Labute approximate surface area is 149 Å². The number of imidazole rings is 1. The van der Waals surface area contributed by atoms with Crippen LogP contribution in [0.1, 0.15) is 27.7 Å². The summed E-state index contributed by atoms with van der Waals surface area (Å²) in [5.41, 5.74) is -0.555. The van der Waals surface area contributed by atoms with E-state index < -0.39 is 10.5 Å². The Morgan fingerprint density at radius 1 is 1.44 bits per heavy atom. The highest BCUT2D eigenvalue weighted by Gasteiger charge is 2.35. The van der Waals surface area contributed by atoms with Gasteiger partial charge in [0.25, 0.3) is 4.96 Å². The van der Waals surface area contributed by atoms with Gasteiger partial charge in [-0.2, -0.15) is 9.38 Å². The Balaban J connectivity index is 1.79. The molecular weight excluding hydrogens is 346 g/mol. The summed E-state index contributed by atoms with van der Waals surface area (Å²) in [6.07, 6.45) is 1.29. The molecule has 1 saturated heterocycles. The van der Waals surface area contributed by atoms with Crippen molar-refractivity contribution in [2.24, 2.45) is 0 Å². The molecule has 1 amide bonds. The summed E-state index contributed by atoms with van der Waals surface area (Å²) in [5, 5.41) is 13.3. The Morgan fingerprint density at radius 3 is 2.76 bits per heavy atom. The highest BCUT2D eigenvalue weighted by molar-refractivity contribution is 7.15. The Kier molecular flexibility index (Phi) is 4.31. The molecule has 0 bridgehead atoms. The lowest BCUT2D eigenvalue weighted by Crippen LogP contribution is -2.55. The highest BCUT2D eigenvalue weighted by Crippen LogP contribution is 2.32. The normalized spacial score (nSPS) is 18.6. The second kappa shape index (κ2) is 6.17. The fraction of sp³-hybridized carbons (Fsp3) is 0.600. The Morgan fingerprint density at radius 2 is 2.16 bits per heavy atom. The summed E-state index contributed by atoms with van der Waals surface area (Å²) in [4.78, 5) is 31.9. The molecule has 2 aromatic rings. The molecule has 2 aromatic heterocycles. The van der Waals surface area contributed by atoms with Crippen LogP contribution < -0.4 is 4.90 Å². The lowest BCUT2D eigenvalue weighted by molar-refractivity contribution is -0.389. The van der Waals surface area contributed by atoms with E-state index in [1.165, 1.54) is 15.7 Å². The predicted octanol–water partition coefficient (Wildman–Crippen LogP) is 2.75. The van der Waals surface area contributed by atoms with Crippen molar-refractivity contribution in [3.63, 3.8) is 0 Å². The summed E-state index contributed by atoms with van der Waals surface area (Å²) in [6.45, 7) is 8.74. The maximum Gasteiger partial charge on any atom is 0.410 e. The van der Waals surface area contributed by atoms with Crippen LogP contribution in [0.3, 0.4) is 0 Å². The van der Waals surface area contributed by atoms with E-state index in [4.69, 9.17) is 4.74 Å². The molecule has 3 rings (SSSR count). The number of carbonyl (C=O) groups excluding carboxylic acids is 1. The van der Waals surface area contributed by atoms with Crippen LogP contribution in [0.25, 0.3) is 4.96 Å². The first-order valence-electron chi connectivity index (χ1n) is 8.02. The first-order chi connectivity index (χ1) is 11.7. The number of nitro groups is 1. The molecule has 0 aliphatic carbocycles. The molecular formula is C15H21N5O4S. The van der Waals surface area contributed by atoms with E-state index in [1.807, 2.05) is 32.6 Å². The molecule has 9 nitrogen and oxygen atoms in total. The summed E-state index contributed by atoms with van der Waals surface area (Å²) in [6, 6.07) is -0.136. The van der Waals surface area contributed by atoms with Gasteiger partial charge in [0.1, 0.15) is 11.8 Å². The standard InChI is InChI=1S/C15H21N5O4S/c1-10-9-17(5-6-18(10)14(21)24-15(2,3)4)11-12(20(22)23)19-7-8-25-13(19)16-11/h7-8,10H,5-6,9H2,1-4H3/t10-/m1/s1. The van der Waals surface area contributed by atoms with Gasteiger partial charge in [-0.1, -0.05) is 11.3 Å². The van der Waals surface area contributed by atoms with E-state index in [-0.39, 0.29) is 18.0 Å². The number of nitrogens with zero attached hydrogens (tertiary/aromatic N) is 5. The zero-order valence-electron chi connectivity index (χ0n) is 14.6. The maximum atomic E-state index is 12.3. The largest absolute Gasteiger partial charge is 0.444 e. The third-order valence-corrected chi connectivity index (χ3v) is 4.70. The molecule has 10 heteroatoms. The number of anilines is 1. The van der Waals surface area contributed by atoms with Gasteiger partial charge < -0.3 is 24.7 Å². The quantitative estimate of drug-likeness (QED) is 0.598. The molecule has 136 valence electrons. The van der Waals surface area contributed by atoms with E-state index >= 15 is 0 Å². The van der Waals surface area contributed by atoms with Crippen LogP contribution >= 0.6 is 11.3 Å². The fourth-order valence-corrected chi connectivity index (χ4v) is 3.59. The molecule has 0 spiro atoms. The number of piperazine rings is 1. The summed E-state index contributed by atoms with van der Waals surface area (Å²) in [5.74, 6) is 0.321. The molecule has 1 aliphatic rings. The van der Waals surface area contributed by atoms with Crippen LogP contribution in [-0.4, -0.2) is 56.6 Å². The lowest BCUT2D eigenvalue weighted by Gasteiger charge is -2.40. The monoisotopic (exact) mass is 367 g/mol. The molecule has 3 heterocycles. The van der Waals surface area contributed by atoms with Crippen molar-refractivity contribution in [2.75, 3.05) is 24.5 Å². The van der Waals surface area contributed by atoms with E-state index in [1.54, 1.807) is 16.5 Å². The van der Waals surface area contributed by atoms with Crippen molar-refractivity contribution >= 4 is 34.0 Å². The Bertz CT molecular complexity index is 809. The van der Waals surface area contributed by atoms with E-state index in [0.717, 1.165) is 0 Å². The minimum Gasteiger partial charge on any atom is -0.444 e. The van der Waals surface area contributed by atoms with Crippen molar-refractivity contribution in [3.05, 3.63) is 21.7 Å². The molecule has 0 N–H and O–H groups in total. The van der Waals surface area contributed by atoms with Crippen molar-refractivity contribution in [2.45, 2.75) is 39.3 Å². The summed E-state index contributed by atoms with van der Waals surface area (Å²) >= 11 is 1.35. The second-order valence-electron chi connectivity index (χ2n) is 7.04. The number of aromatic nitrogens is 2. The number of carbonyl (C=O) groups is 1. The van der Waals surface area contributed by atoms with Gasteiger partial charge in [-0.05, 0) is 32.6 Å². The third kappa shape index (κ3) is 3.39. The molecule has 0 aromatic carbocycles. The van der Waals surface area contributed by atoms with Gasteiger partial charge in [0, 0.05) is 31.1 Å². The van der Waals surface area contributed by atoms with Gasteiger partial charge in [-0.15, -0.1) is 0 Å². The first-order valence-corrected chi connectivity index (χ1v) is 8.90. The second-order valence-corrected chi connectivity index (χ2v) is 7.91. The number of amides is 1. The van der Waals surface area contributed by atoms with Gasteiger partial charge in [0.2, 0.25) is 5.82 Å². The van der Waals surface area contributed by atoms with Crippen LogP contribution in [0, 0.1) is 10.1 Å². The van der Waals surface area contributed by atoms with Crippen LogP contribution in [0.4, 0.5) is 16.4 Å². The third-order valence-electron chi connectivity index (χ3n) is 3.95. The zero-order valence-corrected chi connectivity index (χ0v) is 15.4. The highest BCUT2D eigenvalue weighted by atomic mass is 32.1. The van der Waals surface area contributed by atoms with Gasteiger partial charge in [-0.3, -0.25) is 0 Å². The number of ether oxygens (including phenoxy) is 1. The molecule has 1 aliphatic heterocycles. The number of thiazole rings is 1.